The molecule has 1 amide bonds. The molecule has 11 nitrogen and oxygen atoms in total. The second kappa shape index (κ2) is 17.0. The van der Waals surface area contributed by atoms with E-state index in [-0.39, 0.29) is 18.1 Å². The summed E-state index contributed by atoms with van der Waals surface area (Å²) in [7, 11) is 0. The molecule has 0 saturated carbocycles. The molecule has 2 aliphatic heterocycles. The first kappa shape index (κ1) is 39.9. The summed E-state index contributed by atoms with van der Waals surface area (Å²) >= 11 is 1.45. The van der Waals surface area contributed by atoms with Gasteiger partial charge in [0.15, 0.2) is 10.8 Å². The van der Waals surface area contributed by atoms with Crippen LogP contribution in [0.4, 0.5) is 10.9 Å². The maximum atomic E-state index is 13.9. The van der Waals surface area contributed by atoms with Gasteiger partial charge in [-0.05, 0) is 137 Å². The minimum atomic E-state index is -0.774. The third-order valence-electron chi connectivity index (χ3n) is 11.0. The summed E-state index contributed by atoms with van der Waals surface area (Å²) in [5, 5.41) is 12.7. The number of amides is 1. The van der Waals surface area contributed by atoms with Crippen molar-refractivity contribution >= 4 is 50.3 Å². The van der Waals surface area contributed by atoms with Crippen LogP contribution in [0.2, 0.25) is 0 Å². The first-order valence-electron chi connectivity index (χ1n) is 19.8. The van der Waals surface area contributed by atoms with Gasteiger partial charge in [-0.3, -0.25) is 19.8 Å². The maximum absolute atomic E-state index is 13.9. The van der Waals surface area contributed by atoms with Gasteiger partial charge in [0.1, 0.15) is 17.2 Å². The minimum absolute atomic E-state index is 0.106. The quantitative estimate of drug-likeness (QED) is 0.118. The number of carboxylic acid groups (broad SMARTS) is 1. The van der Waals surface area contributed by atoms with E-state index in [0.717, 1.165) is 70.6 Å². The van der Waals surface area contributed by atoms with Crippen molar-refractivity contribution in [2.45, 2.75) is 72.4 Å². The number of carbonyl (C=O) groups excluding carboxylic acids is 2. The van der Waals surface area contributed by atoms with Crippen molar-refractivity contribution in [2.24, 2.45) is 11.8 Å². The predicted octanol–water partition coefficient (Wildman–Crippen LogP) is 8.64. The molecule has 57 heavy (non-hydrogen) atoms. The van der Waals surface area contributed by atoms with Crippen molar-refractivity contribution in [3.63, 3.8) is 0 Å². The second-order valence-electron chi connectivity index (χ2n) is 16.2. The number of esters is 1. The fraction of sp³-hybridized carbons (Fsp3) is 0.400. The number of nitrogens with one attached hydrogen (secondary N) is 1. The van der Waals surface area contributed by atoms with E-state index in [0.29, 0.717) is 60.0 Å². The average Bonchev–Trinajstić information content (AvgIpc) is 3.59. The van der Waals surface area contributed by atoms with Crippen molar-refractivity contribution in [3.8, 4) is 16.9 Å². The third kappa shape index (κ3) is 9.45. The number of carbonyl (C=O) groups is 3. The van der Waals surface area contributed by atoms with Gasteiger partial charge in [-0.1, -0.05) is 54.7 Å². The van der Waals surface area contributed by atoms with E-state index < -0.39 is 17.5 Å². The summed E-state index contributed by atoms with van der Waals surface area (Å²) in [5.74, 6) is 0.858. The summed E-state index contributed by atoms with van der Waals surface area (Å²) in [6, 6.07) is 23.4. The SMILES string of the molecule is Cc1c(OCC[C@H](C)C2CCN(CC(=O)O)CC2)cccc1-c1ccc(N2CCc3cccc(C(=O)Nc4nc5ccccc5s4)c3C2)nc1C(=O)OC(C)(C)C. The number of aromatic nitrogens is 2. The number of thiazole rings is 1. The van der Waals surface area contributed by atoms with E-state index in [4.69, 9.17) is 19.6 Å². The van der Waals surface area contributed by atoms with Crippen LogP contribution in [-0.4, -0.2) is 76.2 Å². The molecule has 3 aromatic carbocycles. The Morgan fingerprint density at radius 1 is 0.947 bits per heavy atom. The predicted molar refractivity (Wildman–Crippen MR) is 224 cm³/mol. The van der Waals surface area contributed by atoms with Crippen LogP contribution < -0.4 is 15.0 Å². The molecule has 0 spiro atoms. The standard InChI is InChI=1S/C45H51N5O6S/c1-28(30-18-22-49(23-19-30)27-40(51)52)21-25-55-37-14-9-11-32(29(37)2)33-16-17-39(47-41(33)43(54)56-45(3,4)5)50-24-20-31-10-8-12-34(35(31)26-50)42(53)48-44-46-36-13-6-7-15-38(36)57-44/h6-17,28,30H,18-27H2,1-5H3,(H,51,52)(H,46,48,53)/t28-/m0/s1. The molecule has 12 heteroatoms. The fourth-order valence-electron chi connectivity index (χ4n) is 7.93. The summed E-state index contributed by atoms with van der Waals surface area (Å²) in [4.78, 5) is 52.4. The van der Waals surface area contributed by atoms with Gasteiger partial charge < -0.3 is 19.5 Å². The first-order chi connectivity index (χ1) is 27.3. The van der Waals surface area contributed by atoms with E-state index in [9.17, 15) is 14.4 Å². The average molecular weight is 790 g/mol. The maximum Gasteiger partial charge on any atom is 0.358 e. The number of carboxylic acids is 1. The summed E-state index contributed by atoms with van der Waals surface area (Å²) in [6.45, 7) is 13.2. The Morgan fingerprint density at radius 2 is 1.72 bits per heavy atom. The van der Waals surface area contributed by atoms with Crippen molar-refractivity contribution < 1.29 is 29.0 Å². The Labute approximate surface area is 338 Å². The van der Waals surface area contributed by atoms with E-state index in [1.165, 1.54) is 11.3 Å². The molecule has 2 N–H and O–H groups in total. The number of aliphatic carboxylic acids is 1. The van der Waals surface area contributed by atoms with Gasteiger partial charge in [-0.2, -0.15) is 0 Å². The highest BCUT2D eigenvalue weighted by molar-refractivity contribution is 7.22. The molecule has 0 unspecified atom stereocenters. The lowest BCUT2D eigenvalue weighted by Crippen LogP contribution is -2.38. The Morgan fingerprint density at radius 3 is 2.47 bits per heavy atom. The summed E-state index contributed by atoms with van der Waals surface area (Å²) in [5.41, 5.74) is 5.35. The first-order valence-corrected chi connectivity index (χ1v) is 20.6. The zero-order valence-corrected chi connectivity index (χ0v) is 34.2. The monoisotopic (exact) mass is 789 g/mol. The number of piperidine rings is 1. The number of fused-ring (bicyclic) bond motifs is 2. The zero-order valence-electron chi connectivity index (χ0n) is 33.3. The van der Waals surface area contributed by atoms with Crippen LogP contribution in [0.1, 0.15) is 84.5 Å². The highest BCUT2D eigenvalue weighted by atomic mass is 32.1. The zero-order chi connectivity index (χ0) is 40.3. The van der Waals surface area contributed by atoms with E-state index in [1.807, 2.05) is 99.3 Å². The molecule has 0 aliphatic carbocycles. The molecule has 298 valence electrons. The van der Waals surface area contributed by atoms with Crippen LogP contribution in [0.15, 0.2) is 72.8 Å². The molecular formula is C45H51N5O6S. The molecule has 2 aliphatic rings. The number of nitrogens with zero attached hydrogens (tertiary/aromatic N) is 4. The van der Waals surface area contributed by atoms with Gasteiger partial charge in [0.25, 0.3) is 5.91 Å². The van der Waals surface area contributed by atoms with Gasteiger partial charge in [-0.15, -0.1) is 0 Å². The summed E-state index contributed by atoms with van der Waals surface area (Å²) < 4.78 is 13.3. The molecular weight excluding hydrogens is 739 g/mol. The number of ether oxygens (including phenoxy) is 2. The lowest BCUT2D eigenvalue weighted by Gasteiger charge is -2.34. The molecule has 1 saturated heterocycles. The molecule has 1 fully saturated rings. The Bertz CT molecular complexity index is 2240. The van der Waals surface area contributed by atoms with Gasteiger partial charge in [0, 0.05) is 24.2 Å². The van der Waals surface area contributed by atoms with Gasteiger partial charge in [-0.25, -0.2) is 14.8 Å². The lowest BCUT2D eigenvalue weighted by molar-refractivity contribution is -0.138. The summed E-state index contributed by atoms with van der Waals surface area (Å²) in [6.07, 6.45) is 3.58. The number of benzene rings is 3. The molecule has 0 radical (unpaired) electrons. The highest BCUT2D eigenvalue weighted by Crippen LogP contribution is 2.36. The van der Waals surface area contributed by atoms with Crippen LogP contribution in [0.5, 0.6) is 5.75 Å². The van der Waals surface area contributed by atoms with E-state index in [1.54, 1.807) is 0 Å². The number of rotatable bonds is 12. The van der Waals surface area contributed by atoms with Crippen molar-refractivity contribution in [1.82, 2.24) is 14.9 Å². The Balaban J connectivity index is 1.09. The van der Waals surface area contributed by atoms with Crippen molar-refractivity contribution in [3.05, 3.63) is 101 Å². The molecule has 0 bridgehead atoms. The Kier molecular flexibility index (Phi) is 11.9. The van der Waals surface area contributed by atoms with E-state index >= 15 is 0 Å². The third-order valence-corrected chi connectivity index (χ3v) is 12.0. The molecule has 7 rings (SSSR count). The molecule has 4 heterocycles. The Hall–Kier alpha value is -5.33. The van der Waals surface area contributed by atoms with Gasteiger partial charge in [0.2, 0.25) is 0 Å². The number of anilines is 2. The van der Waals surface area contributed by atoms with Crippen LogP contribution >= 0.6 is 11.3 Å². The van der Waals surface area contributed by atoms with E-state index in [2.05, 4.69) is 28.2 Å². The fourth-order valence-corrected chi connectivity index (χ4v) is 8.79. The van der Waals surface area contributed by atoms with Crippen LogP contribution in [0, 0.1) is 18.8 Å². The van der Waals surface area contributed by atoms with Crippen molar-refractivity contribution in [2.75, 3.05) is 43.0 Å². The van der Waals surface area contributed by atoms with Gasteiger partial charge >= 0.3 is 11.9 Å². The van der Waals surface area contributed by atoms with Crippen molar-refractivity contribution in [1.29, 1.82) is 0 Å². The largest absolute Gasteiger partial charge is 0.493 e. The number of hydrogen-bond donors (Lipinski definition) is 2. The number of hydrogen-bond acceptors (Lipinski definition) is 10. The molecule has 1 atom stereocenters. The van der Waals surface area contributed by atoms with Crippen LogP contribution in [0.3, 0.4) is 0 Å². The highest BCUT2D eigenvalue weighted by Gasteiger charge is 2.29. The number of likely N-dealkylation sites (tertiary alicyclic amines) is 1. The second-order valence-corrected chi connectivity index (χ2v) is 17.2. The lowest BCUT2D eigenvalue weighted by atomic mass is 9.84. The van der Waals surface area contributed by atoms with Crippen LogP contribution in [-0.2, 0) is 22.5 Å². The smallest absolute Gasteiger partial charge is 0.358 e. The topological polar surface area (TPSA) is 134 Å². The molecule has 5 aromatic rings. The normalized spacial score (nSPS) is 15.6. The van der Waals surface area contributed by atoms with Crippen LogP contribution in [0.25, 0.3) is 21.3 Å². The molecule has 2 aromatic heterocycles. The minimum Gasteiger partial charge on any atom is -0.493 e. The van der Waals surface area contributed by atoms with Gasteiger partial charge in [0.05, 0.1) is 23.4 Å². The number of pyridine rings is 1. The number of para-hydroxylation sites is 1.